The Morgan fingerprint density at radius 1 is 1.06 bits per heavy atom. The predicted octanol–water partition coefficient (Wildman–Crippen LogP) is 3.12. The highest BCUT2D eigenvalue weighted by molar-refractivity contribution is 9.10. The van der Waals surface area contributed by atoms with E-state index < -0.39 is 53.9 Å². The highest BCUT2D eigenvalue weighted by Gasteiger charge is 2.19. The zero-order valence-electron chi connectivity index (χ0n) is 24.7. The van der Waals surface area contributed by atoms with Crippen molar-refractivity contribution in [2.24, 2.45) is 0 Å². The molecule has 2 heterocycles. The molecule has 12 heteroatoms. The molecule has 0 radical (unpaired) electrons. The minimum atomic E-state index is -4.83. The molecular formula is C20H23BrN6O4S. The zero-order valence-corrected chi connectivity index (χ0v) is 19.2. The lowest BCUT2D eigenvalue weighted by Crippen LogP contribution is -2.31. The summed E-state index contributed by atoms with van der Waals surface area (Å²) in [6.07, 6.45) is 0.866. The number of hydrogen-bond donors (Lipinski definition) is 2. The molecule has 0 bridgehead atoms. The van der Waals surface area contributed by atoms with Crippen molar-refractivity contribution in [3.05, 3.63) is 53.0 Å². The van der Waals surface area contributed by atoms with Gasteiger partial charge in [0.1, 0.15) is 19.4 Å². The van der Waals surface area contributed by atoms with Crippen molar-refractivity contribution in [1.82, 2.24) is 24.7 Å². The Bertz CT molecular complexity index is 1460. The van der Waals surface area contributed by atoms with E-state index in [0.29, 0.717) is 10.0 Å². The van der Waals surface area contributed by atoms with E-state index in [1.165, 1.54) is 24.5 Å². The van der Waals surface area contributed by atoms with Crippen molar-refractivity contribution in [2.75, 3.05) is 24.3 Å². The van der Waals surface area contributed by atoms with Crippen LogP contribution in [0.1, 0.15) is 29.8 Å². The molecule has 0 aliphatic heterocycles. The Labute approximate surface area is 206 Å². The standard InChI is InChI=1S/C20H23BrN6O4S/c1-3-8-26-32(28,29)27-18-17(15-4-6-16(21)7-5-15)19(25-13-24-18)30-9-10-31-20-22-11-14(2)12-23-20/h4-7,11-13,26H,3,8-10H2,1-2H3,(H,24,25,27)/i3D2,8D2,9D2,10D2. The lowest BCUT2D eigenvalue weighted by Gasteiger charge is -2.15. The topological polar surface area (TPSA) is 128 Å². The Morgan fingerprint density at radius 2 is 1.75 bits per heavy atom. The van der Waals surface area contributed by atoms with Crippen molar-refractivity contribution < 1.29 is 28.9 Å². The summed E-state index contributed by atoms with van der Waals surface area (Å²) in [6, 6.07) is 5.62. The van der Waals surface area contributed by atoms with Gasteiger partial charge in [-0.15, -0.1) is 0 Å². The highest BCUT2D eigenvalue weighted by atomic mass is 79.9. The molecule has 3 aromatic rings. The molecule has 0 fully saturated rings. The Hall–Kier alpha value is -2.83. The molecule has 0 unspecified atom stereocenters. The monoisotopic (exact) mass is 530 g/mol. The first-order valence-corrected chi connectivity index (χ1v) is 11.1. The lowest BCUT2D eigenvalue weighted by atomic mass is 10.1. The van der Waals surface area contributed by atoms with E-state index in [1.54, 1.807) is 23.8 Å². The second-order valence-electron chi connectivity index (χ2n) is 5.94. The first-order chi connectivity index (χ1) is 18.2. The number of halogens is 1. The van der Waals surface area contributed by atoms with Gasteiger partial charge in [-0.05, 0) is 36.6 Å². The molecule has 32 heavy (non-hydrogen) atoms. The van der Waals surface area contributed by atoms with E-state index in [1.807, 2.05) is 4.72 Å². The minimum Gasteiger partial charge on any atom is -0.473 e. The second-order valence-corrected chi connectivity index (χ2v) is 8.27. The largest absolute Gasteiger partial charge is 0.473 e. The number of aryl methyl sites for hydroxylation is 1. The first kappa shape index (κ1) is 15.1. The average molecular weight is 531 g/mol. The zero-order chi connectivity index (χ0) is 30.1. The number of hydrogen-bond acceptors (Lipinski definition) is 8. The van der Waals surface area contributed by atoms with E-state index in [0.717, 1.165) is 13.3 Å². The van der Waals surface area contributed by atoms with Crippen LogP contribution >= 0.6 is 15.9 Å². The third-order valence-electron chi connectivity index (χ3n) is 3.58. The summed E-state index contributed by atoms with van der Waals surface area (Å²) in [6.45, 7) is -6.95. The fourth-order valence-electron chi connectivity index (χ4n) is 2.24. The molecular weight excluding hydrogens is 500 g/mol. The fourth-order valence-corrected chi connectivity index (χ4v) is 3.20. The maximum absolute atomic E-state index is 12.8. The Kier molecular flexibility index (Phi) is 5.26. The van der Waals surface area contributed by atoms with Crippen molar-refractivity contribution in [1.29, 1.82) is 0 Å². The molecule has 0 spiro atoms. The first-order valence-electron chi connectivity index (χ1n) is 12.8. The molecule has 1 aromatic carbocycles. The Morgan fingerprint density at radius 3 is 2.44 bits per heavy atom. The van der Waals surface area contributed by atoms with E-state index in [9.17, 15) is 8.42 Å². The van der Waals surface area contributed by atoms with Gasteiger partial charge >= 0.3 is 6.01 Å². The van der Waals surface area contributed by atoms with E-state index in [-0.39, 0.29) is 11.1 Å². The summed E-state index contributed by atoms with van der Waals surface area (Å²) >= 11 is 3.27. The average Bonchev–Trinajstić information content (AvgIpc) is 2.79. The third-order valence-corrected chi connectivity index (χ3v) is 4.94. The molecule has 2 aromatic heterocycles. The third kappa shape index (κ3) is 6.84. The molecule has 0 saturated carbocycles. The van der Waals surface area contributed by atoms with Crippen molar-refractivity contribution in [3.8, 4) is 23.0 Å². The van der Waals surface area contributed by atoms with Gasteiger partial charge in [-0.3, -0.25) is 4.72 Å². The number of benzene rings is 1. The second kappa shape index (κ2) is 11.2. The van der Waals surface area contributed by atoms with Gasteiger partial charge in [0.2, 0.25) is 5.88 Å². The van der Waals surface area contributed by atoms with Crippen LogP contribution in [-0.2, 0) is 10.2 Å². The molecule has 170 valence electrons. The van der Waals surface area contributed by atoms with Crippen LogP contribution in [0.15, 0.2) is 47.5 Å². The van der Waals surface area contributed by atoms with Gasteiger partial charge in [-0.1, -0.05) is 35.0 Å². The maximum Gasteiger partial charge on any atom is 0.316 e. The molecule has 10 nitrogen and oxygen atoms in total. The summed E-state index contributed by atoms with van der Waals surface area (Å²) < 4.78 is 104. The van der Waals surface area contributed by atoms with E-state index in [2.05, 4.69) is 35.9 Å². The number of aromatic nitrogens is 4. The van der Waals surface area contributed by atoms with Gasteiger partial charge < -0.3 is 9.47 Å². The number of nitrogens with zero attached hydrogens (tertiary/aromatic N) is 4. The van der Waals surface area contributed by atoms with Gasteiger partial charge in [-0.2, -0.15) is 13.1 Å². The summed E-state index contributed by atoms with van der Waals surface area (Å²) in [5.74, 6) is -1.11. The molecule has 0 aliphatic rings. The van der Waals surface area contributed by atoms with Crippen molar-refractivity contribution >= 4 is 32.0 Å². The minimum absolute atomic E-state index is 0.199. The van der Waals surface area contributed by atoms with Crippen LogP contribution in [0.25, 0.3) is 11.1 Å². The van der Waals surface area contributed by atoms with Crippen LogP contribution < -0.4 is 18.9 Å². The Balaban J connectivity index is 2.04. The van der Waals surface area contributed by atoms with E-state index >= 15 is 0 Å². The maximum atomic E-state index is 12.8. The summed E-state index contributed by atoms with van der Waals surface area (Å²) in [5, 5.41) is 0. The van der Waals surface area contributed by atoms with Crippen molar-refractivity contribution in [3.63, 3.8) is 0 Å². The molecule has 0 amide bonds. The number of ether oxygens (including phenoxy) is 2. The number of nitrogens with one attached hydrogen (secondary N) is 2. The summed E-state index contributed by atoms with van der Waals surface area (Å²) in [4.78, 5) is 15.3. The molecule has 2 N–H and O–H groups in total. The molecule has 0 saturated heterocycles. The smallest absolute Gasteiger partial charge is 0.316 e. The quantitative estimate of drug-likeness (QED) is 0.386. The van der Waals surface area contributed by atoms with Crippen LogP contribution in [0, 0.1) is 6.92 Å². The van der Waals surface area contributed by atoms with Crippen molar-refractivity contribution in [2.45, 2.75) is 20.2 Å². The SMILES string of the molecule is [2H]C([2H])(C)C([2H])([2H])NS(=O)(=O)Nc1ncnc(OC([2H])([2H])C([2H])([2H])Oc2ncc(C)cn2)c1-c1ccc(Br)cc1. The summed E-state index contributed by atoms with van der Waals surface area (Å²) in [5.41, 5.74) is 0.608. The molecule has 0 atom stereocenters. The van der Waals surface area contributed by atoms with Gasteiger partial charge in [0.15, 0.2) is 5.82 Å². The van der Waals surface area contributed by atoms with Gasteiger partial charge in [0.25, 0.3) is 10.2 Å². The molecule has 0 aliphatic carbocycles. The van der Waals surface area contributed by atoms with Crippen LogP contribution in [0.3, 0.4) is 0 Å². The van der Waals surface area contributed by atoms with E-state index in [4.69, 9.17) is 20.4 Å². The number of rotatable bonds is 11. The van der Waals surface area contributed by atoms with Gasteiger partial charge in [-0.25, -0.2) is 19.9 Å². The van der Waals surface area contributed by atoms with Gasteiger partial charge in [0.05, 0.1) is 11.0 Å². The predicted molar refractivity (Wildman–Crippen MR) is 124 cm³/mol. The highest BCUT2D eigenvalue weighted by Crippen LogP contribution is 2.34. The fraction of sp³-hybridized carbons (Fsp3) is 0.300. The lowest BCUT2D eigenvalue weighted by molar-refractivity contribution is 0.202. The van der Waals surface area contributed by atoms with Crippen LogP contribution in [-0.4, -0.2) is 48.0 Å². The van der Waals surface area contributed by atoms with Gasteiger partial charge in [0, 0.05) is 28.8 Å². The van der Waals surface area contributed by atoms with Crippen LogP contribution in [0.2, 0.25) is 0 Å². The number of anilines is 1. The van der Waals surface area contributed by atoms with Crippen LogP contribution in [0.5, 0.6) is 11.9 Å². The van der Waals surface area contributed by atoms with Crippen LogP contribution in [0.4, 0.5) is 5.82 Å². The molecule has 3 rings (SSSR count). The summed E-state index contributed by atoms with van der Waals surface area (Å²) in [7, 11) is -4.83. The normalized spacial score (nSPS) is 16.7.